The first-order valence-corrected chi connectivity index (χ1v) is 5.13. The lowest BCUT2D eigenvalue weighted by Gasteiger charge is -2.17. The molecular weight excluding hydrogens is 172 g/mol. The highest BCUT2D eigenvalue weighted by Crippen LogP contribution is 2.19. The summed E-state index contributed by atoms with van der Waals surface area (Å²) >= 11 is 0. The molecule has 78 valence electrons. The van der Waals surface area contributed by atoms with E-state index in [1.807, 2.05) is 19.1 Å². The molecule has 0 aliphatic carbocycles. The Hall–Kier alpha value is -0.860. The van der Waals surface area contributed by atoms with Gasteiger partial charge in [-0.25, -0.2) is 0 Å². The molecule has 0 amide bonds. The van der Waals surface area contributed by atoms with Crippen molar-refractivity contribution in [2.24, 2.45) is 11.5 Å². The van der Waals surface area contributed by atoms with Gasteiger partial charge in [0.05, 0.1) is 0 Å². The molecule has 0 heterocycles. The molecule has 1 rings (SSSR count). The highest BCUT2D eigenvalue weighted by atomic mass is 14.8. The van der Waals surface area contributed by atoms with Crippen molar-refractivity contribution < 1.29 is 0 Å². The summed E-state index contributed by atoms with van der Waals surface area (Å²) in [5, 5.41) is 0. The van der Waals surface area contributed by atoms with Crippen molar-refractivity contribution in [1.29, 1.82) is 0 Å². The largest absolute Gasteiger partial charge is 0.326 e. The minimum absolute atomic E-state index is 0.00240. The van der Waals surface area contributed by atoms with Crippen molar-refractivity contribution in [1.82, 2.24) is 0 Å². The van der Waals surface area contributed by atoms with Crippen LogP contribution in [0.2, 0.25) is 0 Å². The molecule has 0 fully saturated rings. The van der Waals surface area contributed by atoms with E-state index in [0.717, 1.165) is 5.56 Å². The SMILES string of the molecule is CC(C)c1cccc(C(N)C(C)N)c1. The van der Waals surface area contributed by atoms with Gasteiger partial charge in [-0.2, -0.15) is 0 Å². The summed E-state index contributed by atoms with van der Waals surface area (Å²) in [4.78, 5) is 0. The average molecular weight is 192 g/mol. The van der Waals surface area contributed by atoms with Crippen LogP contribution in [0.4, 0.5) is 0 Å². The van der Waals surface area contributed by atoms with Crippen molar-refractivity contribution in [3.63, 3.8) is 0 Å². The number of hydrogen-bond donors (Lipinski definition) is 2. The lowest BCUT2D eigenvalue weighted by molar-refractivity contribution is 0.588. The standard InChI is InChI=1S/C12H20N2/c1-8(2)10-5-4-6-11(7-10)12(14)9(3)13/h4-9,12H,13-14H2,1-3H3. The Morgan fingerprint density at radius 2 is 1.57 bits per heavy atom. The highest BCUT2D eigenvalue weighted by Gasteiger charge is 2.11. The van der Waals surface area contributed by atoms with Gasteiger partial charge in [0.2, 0.25) is 0 Å². The normalized spacial score (nSPS) is 15.6. The van der Waals surface area contributed by atoms with Crippen LogP contribution >= 0.6 is 0 Å². The monoisotopic (exact) mass is 192 g/mol. The molecule has 0 aliphatic heterocycles. The van der Waals surface area contributed by atoms with Crippen LogP contribution in [0.1, 0.15) is 43.9 Å². The van der Waals surface area contributed by atoms with Crippen LogP contribution in [0.15, 0.2) is 24.3 Å². The first-order valence-electron chi connectivity index (χ1n) is 5.13. The molecule has 0 saturated carbocycles. The van der Waals surface area contributed by atoms with Gasteiger partial charge in [-0.05, 0) is 24.0 Å². The fraction of sp³-hybridized carbons (Fsp3) is 0.500. The van der Waals surface area contributed by atoms with Crippen LogP contribution < -0.4 is 11.5 Å². The molecule has 2 unspecified atom stereocenters. The van der Waals surface area contributed by atoms with Crippen molar-refractivity contribution >= 4 is 0 Å². The van der Waals surface area contributed by atoms with E-state index < -0.39 is 0 Å². The maximum absolute atomic E-state index is 5.98. The van der Waals surface area contributed by atoms with E-state index in [1.54, 1.807) is 0 Å². The van der Waals surface area contributed by atoms with E-state index in [9.17, 15) is 0 Å². The molecule has 14 heavy (non-hydrogen) atoms. The van der Waals surface area contributed by atoms with Gasteiger partial charge in [-0.1, -0.05) is 38.1 Å². The molecule has 0 radical (unpaired) electrons. The number of nitrogens with two attached hydrogens (primary N) is 2. The maximum atomic E-state index is 5.98. The van der Waals surface area contributed by atoms with Crippen molar-refractivity contribution in [3.8, 4) is 0 Å². The van der Waals surface area contributed by atoms with Gasteiger partial charge in [0.25, 0.3) is 0 Å². The number of rotatable bonds is 3. The smallest absolute Gasteiger partial charge is 0.0446 e. The zero-order valence-electron chi connectivity index (χ0n) is 9.20. The summed E-state index contributed by atoms with van der Waals surface area (Å²) in [7, 11) is 0. The zero-order valence-corrected chi connectivity index (χ0v) is 9.20. The molecule has 2 atom stereocenters. The summed E-state index contributed by atoms with van der Waals surface area (Å²) in [6.07, 6.45) is 0. The van der Waals surface area contributed by atoms with Gasteiger partial charge < -0.3 is 11.5 Å². The predicted molar refractivity (Wildman–Crippen MR) is 61.1 cm³/mol. The van der Waals surface area contributed by atoms with Gasteiger partial charge >= 0.3 is 0 Å². The average Bonchev–Trinajstić information content (AvgIpc) is 2.16. The molecule has 0 aromatic heterocycles. The van der Waals surface area contributed by atoms with Crippen LogP contribution in [-0.4, -0.2) is 6.04 Å². The third-order valence-electron chi connectivity index (χ3n) is 2.53. The van der Waals surface area contributed by atoms with Gasteiger partial charge in [0.15, 0.2) is 0 Å². The lowest BCUT2D eigenvalue weighted by atomic mass is 9.96. The second-order valence-corrected chi connectivity index (χ2v) is 4.21. The molecule has 1 aromatic carbocycles. The van der Waals surface area contributed by atoms with Crippen molar-refractivity contribution in [3.05, 3.63) is 35.4 Å². The van der Waals surface area contributed by atoms with E-state index in [1.165, 1.54) is 5.56 Å². The van der Waals surface area contributed by atoms with Gasteiger partial charge in [0.1, 0.15) is 0 Å². The Kier molecular flexibility index (Phi) is 3.67. The fourth-order valence-electron chi connectivity index (χ4n) is 1.43. The quantitative estimate of drug-likeness (QED) is 0.771. The summed E-state index contributed by atoms with van der Waals surface area (Å²) in [5.41, 5.74) is 14.2. The molecule has 2 heteroatoms. The van der Waals surface area contributed by atoms with Crippen LogP contribution in [0.25, 0.3) is 0 Å². The van der Waals surface area contributed by atoms with Gasteiger partial charge in [0, 0.05) is 12.1 Å². The van der Waals surface area contributed by atoms with Crippen molar-refractivity contribution in [2.45, 2.75) is 38.8 Å². The molecule has 0 spiro atoms. The van der Waals surface area contributed by atoms with E-state index in [-0.39, 0.29) is 12.1 Å². The molecular formula is C12H20N2. The Labute approximate surface area is 86.3 Å². The highest BCUT2D eigenvalue weighted by molar-refractivity contribution is 5.28. The molecule has 2 nitrogen and oxygen atoms in total. The van der Waals surface area contributed by atoms with E-state index in [4.69, 9.17) is 11.5 Å². The van der Waals surface area contributed by atoms with Gasteiger partial charge in [-0.15, -0.1) is 0 Å². The minimum atomic E-state index is -0.0614. The van der Waals surface area contributed by atoms with E-state index >= 15 is 0 Å². The number of hydrogen-bond acceptors (Lipinski definition) is 2. The summed E-state index contributed by atoms with van der Waals surface area (Å²) in [6, 6.07) is 8.30. The predicted octanol–water partition coefficient (Wildman–Crippen LogP) is 2.16. The Morgan fingerprint density at radius 1 is 1.00 bits per heavy atom. The molecule has 0 bridgehead atoms. The zero-order chi connectivity index (χ0) is 10.7. The van der Waals surface area contributed by atoms with Crippen LogP contribution in [0.5, 0.6) is 0 Å². The lowest BCUT2D eigenvalue weighted by Crippen LogP contribution is -2.31. The van der Waals surface area contributed by atoms with E-state index in [0.29, 0.717) is 5.92 Å². The Morgan fingerprint density at radius 3 is 2.07 bits per heavy atom. The van der Waals surface area contributed by atoms with E-state index in [2.05, 4.69) is 26.0 Å². The van der Waals surface area contributed by atoms with Crippen molar-refractivity contribution in [2.75, 3.05) is 0 Å². The number of benzene rings is 1. The van der Waals surface area contributed by atoms with Gasteiger partial charge in [-0.3, -0.25) is 0 Å². The first-order chi connectivity index (χ1) is 6.52. The first kappa shape index (κ1) is 11.2. The van der Waals surface area contributed by atoms with Crippen LogP contribution in [-0.2, 0) is 0 Å². The Balaban J connectivity index is 2.93. The summed E-state index contributed by atoms with van der Waals surface area (Å²) < 4.78 is 0. The summed E-state index contributed by atoms with van der Waals surface area (Å²) in [6.45, 7) is 6.29. The molecule has 4 N–H and O–H groups in total. The second kappa shape index (κ2) is 4.58. The maximum Gasteiger partial charge on any atom is 0.0446 e. The fourth-order valence-corrected chi connectivity index (χ4v) is 1.43. The topological polar surface area (TPSA) is 52.0 Å². The van der Waals surface area contributed by atoms with Crippen LogP contribution in [0.3, 0.4) is 0 Å². The molecule has 1 aromatic rings. The third-order valence-corrected chi connectivity index (χ3v) is 2.53. The minimum Gasteiger partial charge on any atom is -0.326 e. The Bertz CT molecular complexity index is 292. The third kappa shape index (κ3) is 2.56. The second-order valence-electron chi connectivity index (χ2n) is 4.21. The summed E-state index contributed by atoms with van der Waals surface area (Å²) in [5.74, 6) is 0.537. The van der Waals surface area contributed by atoms with Crippen LogP contribution in [0, 0.1) is 0 Å². The molecule has 0 saturated heterocycles. The molecule has 0 aliphatic rings.